The predicted molar refractivity (Wildman–Crippen MR) is 80.8 cm³/mol. The summed E-state index contributed by atoms with van der Waals surface area (Å²) in [6.45, 7) is 4.34. The minimum absolute atomic E-state index is 0.119. The summed E-state index contributed by atoms with van der Waals surface area (Å²) >= 11 is 0. The van der Waals surface area contributed by atoms with Gasteiger partial charge in [-0.15, -0.1) is 0 Å². The van der Waals surface area contributed by atoms with Crippen LogP contribution in [0.1, 0.15) is 37.0 Å². The first-order chi connectivity index (χ1) is 10.1. The summed E-state index contributed by atoms with van der Waals surface area (Å²) in [5.74, 6) is 0.648. The van der Waals surface area contributed by atoms with E-state index in [0.29, 0.717) is 17.9 Å². The molecule has 3 rings (SSSR count). The van der Waals surface area contributed by atoms with Crippen LogP contribution in [0.4, 0.5) is 0 Å². The van der Waals surface area contributed by atoms with Crippen molar-refractivity contribution in [1.29, 1.82) is 0 Å². The van der Waals surface area contributed by atoms with E-state index >= 15 is 0 Å². The first-order valence-electron chi connectivity index (χ1n) is 7.08. The number of rotatable bonds is 1. The van der Waals surface area contributed by atoms with Gasteiger partial charge in [-0.25, -0.2) is 0 Å². The Bertz CT molecular complexity index is 592. The van der Waals surface area contributed by atoms with Crippen molar-refractivity contribution in [1.82, 2.24) is 0 Å². The summed E-state index contributed by atoms with van der Waals surface area (Å²) in [6, 6.07) is 11.4. The van der Waals surface area contributed by atoms with Crippen molar-refractivity contribution in [2.24, 2.45) is 0 Å². The lowest BCUT2D eigenvalue weighted by Gasteiger charge is -2.30. The number of aromatic hydroxyl groups is 2. The Hall–Kier alpha value is -2.20. The minimum atomic E-state index is -0.686. The van der Waals surface area contributed by atoms with Gasteiger partial charge < -0.3 is 20.1 Å². The van der Waals surface area contributed by atoms with Gasteiger partial charge in [0.25, 0.3) is 0 Å². The molecule has 0 aromatic heterocycles. The molecule has 1 heterocycles. The number of benzene rings is 2. The van der Waals surface area contributed by atoms with Crippen molar-refractivity contribution in [2.75, 3.05) is 6.61 Å². The third-order valence-electron chi connectivity index (χ3n) is 3.44. The van der Waals surface area contributed by atoms with Crippen LogP contribution in [0.15, 0.2) is 42.5 Å². The number of fused-ring (bicyclic) bond motifs is 1. The Morgan fingerprint density at radius 2 is 1.57 bits per heavy atom. The van der Waals surface area contributed by atoms with Crippen molar-refractivity contribution in [3.05, 3.63) is 53.6 Å². The molecular weight excluding hydrogens is 268 g/mol. The minimum Gasteiger partial charge on any atom is -0.508 e. The molecule has 112 valence electrons. The highest BCUT2D eigenvalue weighted by Crippen LogP contribution is 2.41. The molecule has 0 spiro atoms. The van der Waals surface area contributed by atoms with Crippen LogP contribution in [0, 0.1) is 0 Å². The largest absolute Gasteiger partial charge is 0.508 e. The van der Waals surface area contributed by atoms with E-state index in [1.54, 1.807) is 30.3 Å². The molecule has 2 atom stereocenters. The van der Waals surface area contributed by atoms with Crippen LogP contribution in [0.2, 0.25) is 0 Å². The van der Waals surface area contributed by atoms with E-state index in [2.05, 4.69) is 0 Å². The van der Waals surface area contributed by atoms with Crippen LogP contribution in [0.25, 0.3) is 0 Å². The van der Waals surface area contributed by atoms with Crippen molar-refractivity contribution >= 4 is 0 Å². The molecular formula is C17H20O4. The van der Waals surface area contributed by atoms with Gasteiger partial charge in [0.15, 0.2) is 0 Å². The van der Waals surface area contributed by atoms with Gasteiger partial charge in [0.1, 0.15) is 17.2 Å². The summed E-state index contributed by atoms with van der Waals surface area (Å²) in [4.78, 5) is 0. The summed E-state index contributed by atoms with van der Waals surface area (Å²) in [5.41, 5.74) is 1.58. The van der Waals surface area contributed by atoms with Gasteiger partial charge in [-0.1, -0.05) is 26.0 Å². The molecule has 0 bridgehead atoms. The molecule has 0 amide bonds. The smallest absolute Gasteiger partial charge is 0.128 e. The molecule has 1 aliphatic rings. The average molecular weight is 288 g/mol. The molecule has 0 aliphatic carbocycles. The zero-order chi connectivity index (χ0) is 15.4. The first kappa shape index (κ1) is 15.2. The van der Waals surface area contributed by atoms with Gasteiger partial charge in [0, 0.05) is 17.5 Å². The summed E-state index contributed by atoms with van der Waals surface area (Å²) in [5, 5.41) is 29.1. The molecule has 4 heteroatoms. The zero-order valence-corrected chi connectivity index (χ0v) is 12.2. The van der Waals surface area contributed by atoms with Gasteiger partial charge in [-0.2, -0.15) is 0 Å². The zero-order valence-electron chi connectivity index (χ0n) is 12.2. The van der Waals surface area contributed by atoms with Gasteiger partial charge in [-0.3, -0.25) is 0 Å². The maximum atomic E-state index is 10.4. The van der Waals surface area contributed by atoms with E-state index in [-0.39, 0.29) is 17.4 Å². The Balaban J connectivity index is 0.000000774. The number of phenols is 2. The molecule has 3 N–H and O–H groups in total. The Morgan fingerprint density at radius 1 is 0.952 bits per heavy atom. The highest BCUT2D eigenvalue weighted by atomic mass is 16.5. The van der Waals surface area contributed by atoms with E-state index in [1.165, 1.54) is 12.1 Å². The fourth-order valence-corrected chi connectivity index (χ4v) is 2.38. The van der Waals surface area contributed by atoms with Gasteiger partial charge >= 0.3 is 0 Å². The third-order valence-corrected chi connectivity index (χ3v) is 3.44. The number of aliphatic hydroxyl groups is 1. The van der Waals surface area contributed by atoms with E-state index in [9.17, 15) is 15.3 Å². The highest BCUT2D eigenvalue weighted by molar-refractivity contribution is 5.45. The maximum absolute atomic E-state index is 10.4. The van der Waals surface area contributed by atoms with E-state index < -0.39 is 6.10 Å². The molecule has 1 aliphatic heterocycles. The first-order valence-corrected chi connectivity index (χ1v) is 7.08. The van der Waals surface area contributed by atoms with E-state index in [1.807, 2.05) is 13.8 Å². The molecule has 0 saturated heterocycles. The number of ether oxygens (including phenoxy) is 1. The van der Waals surface area contributed by atoms with Gasteiger partial charge in [-0.05, 0) is 29.8 Å². The van der Waals surface area contributed by atoms with Gasteiger partial charge in [0.05, 0.1) is 12.7 Å². The fourth-order valence-electron chi connectivity index (χ4n) is 2.38. The summed E-state index contributed by atoms with van der Waals surface area (Å²) in [7, 11) is 0. The van der Waals surface area contributed by atoms with Crippen LogP contribution in [-0.4, -0.2) is 21.9 Å². The van der Waals surface area contributed by atoms with Crippen LogP contribution in [0.3, 0.4) is 0 Å². The average Bonchev–Trinajstić information content (AvgIpc) is 2.51. The molecule has 21 heavy (non-hydrogen) atoms. The van der Waals surface area contributed by atoms with Crippen LogP contribution >= 0.6 is 0 Å². The van der Waals surface area contributed by atoms with Crippen molar-refractivity contribution in [3.63, 3.8) is 0 Å². The second kappa shape index (κ2) is 6.50. The Labute approximate surface area is 124 Å². The summed E-state index contributed by atoms with van der Waals surface area (Å²) < 4.78 is 5.59. The number of aliphatic hydroxyl groups excluding tert-OH is 1. The Kier molecular flexibility index (Phi) is 4.70. The lowest BCUT2D eigenvalue weighted by Crippen LogP contribution is -2.24. The molecule has 2 aromatic rings. The van der Waals surface area contributed by atoms with Crippen LogP contribution < -0.4 is 4.74 Å². The SMILES string of the molecule is CC.Oc1ccc(C2COc3cc(O)ccc3C2O)cc1. The lowest BCUT2D eigenvalue weighted by molar-refractivity contribution is 0.0887. The maximum Gasteiger partial charge on any atom is 0.128 e. The monoisotopic (exact) mass is 288 g/mol. The highest BCUT2D eigenvalue weighted by Gasteiger charge is 2.30. The summed E-state index contributed by atoms with van der Waals surface area (Å²) in [6.07, 6.45) is -0.686. The standard InChI is InChI=1S/C15H14O4.C2H6/c16-10-3-1-9(2-4-10)13-8-19-14-7-11(17)5-6-12(14)15(13)18;1-2/h1-7,13,15-18H,8H2;1-2H3. The normalized spacial score (nSPS) is 19.8. The van der Waals surface area contributed by atoms with E-state index in [0.717, 1.165) is 5.56 Å². The second-order valence-electron chi connectivity index (χ2n) is 4.68. The lowest BCUT2D eigenvalue weighted by atomic mass is 9.87. The fraction of sp³-hybridized carbons (Fsp3) is 0.294. The molecule has 0 radical (unpaired) electrons. The predicted octanol–water partition coefficient (Wildman–Crippen LogP) is 3.33. The molecule has 4 nitrogen and oxygen atoms in total. The molecule has 0 saturated carbocycles. The topological polar surface area (TPSA) is 69.9 Å². The van der Waals surface area contributed by atoms with Crippen molar-refractivity contribution < 1.29 is 20.1 Å². The quantitative estimate of drug-likeness (QED) is 0.752. The Morgan fingerprint density at radius 3 is 2.24 bits per heavy atom. The third kappa shape index (κ3) is 3.11. The number of hydrogen-bond donors (Lipinski definition) is 3. The number of hydrogen-bond acceptors (Lipinski definition) is 4. The van der Waals surface area contributed by atoms with Crippen molar-refractivity contribution in [2.45, 2.75) is 25.9 Å². The van der Waals surface area contributed by atoms with Gasteiger partial charge in [0.2, 0.25) is 0 Å². The molecule has 2 aromatic carbocycles. The van der Waals surface area contributed by atoms with Crippen molar-refractivity contribution in [3.8, 4) is 17.2 Å². The van der Waals surface area contributed by atoms with Crippen LogP contribution in [-0.2, 0) is 0 Å². The second-order valence-corrected chi connectivity index (χ2v) is 4.68. The van der Waals surface area contributed by atoms with E-state index in [4.69, 9.17) is 4.74 Å². The molecule has 2 unspecified atom stereocenters. The van der Waals surface area contributed by atoms with Crippen LogP contribution in [0.5, 0.6) is 17.2 Å². The molecule has 0 fully saturated rings. The number of phenolic OH excluding ortho intramolecular Hbond substituents is 2.